The molecule has 2 aromatic rings. The Balaban J connectivity index is 1.58. The molecule has 118 valence electrons. The minimum absolute atomic E-state index is 0.0805. The van der Waals surface area contributed by atoms with E-state index in [1.54, 1.807) is 12.3 Å². The summed E-state index contributed by atoms with van der Waals surface area (Å²) in [6.07, 6.45) is 3.52. The zero-order valence-electron chi connectivity index (χ0n) is 13.0. The molecule has 0 radical (unpaired) electrons. The van der Waals surface area contributed by atoms with E-state index >= 15 is 0 Å². The fourth-order valence-corrected chi connectivity index (χ4v) is 2.24. The van der Waals surface area contributed by atoms with Crippen LogP contribution < -0.4 is 10.6 Å². The highest BCUT2D eigenvalue weighted by atomic mass is 16.2. The molecule has 1 heterocycles. The van der Waals surface area contributed by atoms with Crippen molar-refractivity contribution in [1.29, 1.82) is 0 Å². The lowest BCUT2D eigenvalue weighted by molar-refractivity contribution is -0.117. The summed E-state index contributed by atoms with van der Waals surface area (Å²) in [5.74, 6) is 0.0919. The van der Waals surface area contributed by atoms with Gasteiger partial charge in [0.2, 0.25) is 5.91 Å². The summed E-state index contributed by atoms with van der Waals surface area (Å²) < 4.78 is 0. The number of amides is 2. The maximum absolute atomic E-state index is 12.1. The lowest BCUT2D eigenvalue weighted by Crippen LogP contribution is -2.23. The fourth-order valence-electron chi connectivity index (χ4n) is 2.24. The number of anilines is 1. The number of nitrogens with one attached hydrogen (secondary N) is 2. The first kappa shape index (κ1) is 15.2. The zero-order valence-corrected chi connectivity index (χ0v) is 13.0. The molecule has 5 nitrogen and oxygen atoms in total. The standard InChI is InChI=1S/C18H19N3O2/c1-12-5-6-15(11-19-12)17(22)20-10-13-3-2-4-16(9-13)21-18(23)14-7-8-14/h2-6,9,11,14H,7-8,10H2,1H3,(H,20,22)(H,21,23). The molecule has 2 N–H and O–H groups in total. The molecule has 1 aromatic carbocycles. The molecule has 0 spiro atoms. The summed E-state index contributed by atoms with van der Waals surface area (Å²) in [5.41, 5.74) is 3.12. The molecule has 2 amide bonds. The van der Waals surface area contributed by atoms with Gasteiger partial charge in [0.05, 0.1) is 5.56 Å². The van der Waals surface area contributed by atoms with Crippen molar-refractivity contribution in [3.05, 3.63) is 59.4 Å². The molecule has 3 rings (SSSR count). The summed E-state index contributed by atoms with van der Waals surface area (Å²) in [5, 5.41) is 5.77. The molecule has 1 aliphatic rings. The zero-order chi connectivity index (χ0) is 16.2. The van der Waals surface area contributed by atoms with E-state index in [0.717, 1.165) is 29.8 Å². The van der Waals surface area contributed by atoms with Crippen molar-refractivity contribution in [2.75, 3.05) is 5.32 Å². The van der Waals surface area contributed by atoms with Crippen LogP contribution in [0.3, 0.4) is 0 Å². The molecule has 0 bridgehead atoms. The van der Waals surface area contributed by atoms with Gasteiger partial charge in [-0.1, -0.05) is 12.1 Å². The van der Waals surface area contributed by atoms with Crippen LogP contribution in [0.5, 0.6) is 0 Å². The largest absolute Gasteiger partial charge is 0.348 e. The number of carbonyl (C=O) groups is 2. The van der Waals surface area contributed by atoms with E-state index in [0.29, 0.717) is 12.1 Å². The van der Waals surface area contributed by atoms with Crippen LogP contribution in [0.1, 0.15) is 34.5 Å². The molecule has 1 aromatic heterocycles. The van der Waals surface area contributed by atoms with Gasteiger partial charge in [0.25, 0.3) is 5.91 Å². The second-order valence-corrected chi connectivity index (χ2v) is 5.83. The van der Waals surface area contributed by atoms with Gasteiger partial charge in [0, 0.05) is 30.0 Å². The van der Waals surface area contributed by atoms with Gasteiger partial charge in [0.15, 0.2) is 0 Å². The van der Waals surface area contributed by atoms with Crippen LogP contribution in [-0.2, 0) is 11.3 Å². The first-order chi connectivity index (χ1) is 11.1. The molecular weight excluding hydrogens is 290 g/mol. The van der Waals surface area contributed by atoms with E-state index in [1.807, 2.05) is 37.3 Å². The second-order valence-electron chi connectivity index (χ2n) is 5.83. The average molecular weight is 309 g/mol. The Morgan fingerprint density at radius 2 is 2.04 bits per heavy atom. The van der Waals surface area contributed by atoms with Crippen molar-refractivity contribution in [2.24, 2.45) is 5.92 Å². The normalized spacial score (nSPS) is 13.4. The van der Waals surface area contributed by atoms with Gasteiger partial charge in [-0.05, 0) is 49.6 Å². The summed E-state index contributed by atoms with van der Waals surface area (Å²) in [7, 11) is 0. The van der Waals surface area contributed by atoms with Gasteiger partial charge in [-0.25, -0.2) is 0 Å². The Hall–Kier alpha value is -2.69. The quantitative estimate of drug-likeness (QED) is 0.892. The second kappa shape index (κ2) is 6.60. The molecule has 23 heavy (non-hydrogen) atoms. The number of hydrogen-bond donors (Lipinski definition) is 2. The Morgan fingerprint density at radius 1 is 1.22 bits per heavy atom. The molecule has 0 saturated heterocycles. The molecule has 5 heteroatoms. The first-order valence-corrected chi connectivity index (χ1v) is 7.72. The predicted octanol–water partition coefficient (Wildman–Crippen LogP) is 2.67. The Labute approximate surface area is 135 Å². The highest BCUT2D eigenvalue weighted by molar-refractivity contribution is 5.94. The molecular formula is C18H19N3O2. The Morgan fingerprint density at radius 3 is 2.74 bits per heavy atom. The lowest BCUT2D eigenvalue weighted by Gasteiger charge is -2.08. The number of hydrogen-bond acceptors (Lipinski definition) is 3. The predicted molar refractivity (Wildman–Crippen MR) is 87.9 cm³/mol. The topological polar surface area (TPSA) is 71.1 Å². The number of aromatic nitrogens is 1. The van der Waals surface area contributed by atoms with Gasteiger partial charge >= 0.3 is 0 Å². The molecule has 1 saturated carbocycles. The number of carbonyl (C=O) groups excluding carboxylic acids is 2. The van der Waals surface area contributed by atoms with Gasteiger partial charge in [-0.2, -0.15) is 0 Å². The van der Waals surface area contributed by atoms with Crippen LogP contribution in [-0.4, -0.2) is 16.8 Å². The van der Waals surface area contributed by atoms with E-state index in [1.165, 1.54) is 0 Å². The van der Waals surface area contributed by atoms with Crippen LogP contribution in [0.15, 0.2) is 42.6 Å². The molecule has 1 fully saturated rings. The minimum atomic E-state index is -0.162. The summed E-state index contributed by atoms with van der Waals surface area (Å²) in [6.45, 7) is 2.28. The van der Waals surface area contributed by atoms with Crippen LogP contribution >= 0.6 is 0 Å². The Kier molecular flexibility index (Phi) is 4.37. The van der Waals surface area contributed by atoms with E-state index in [-0.39, 0.29) is 17.7 Å². The summed E-state index contributed by atoms with van der Waals surface area (Å²) >= 11 is 0. The number of nitrogens with zero attached hydrogens (tertiary/aromatic N) is 1. The number of pyridine rings is 1. The van der Waals surface area contributed by atoms with Crippen LogP contribution in [0.2, 0.25) is 0 Å². The van der Waals surface area contributed by atoms with Crippen molar-refractivity contribution >= 4 is 17.5 Å². The van der Waals surface area contributed by atoms with Crippen LogP contribution in [0.25, 0.3) is 0 Å². The van der Waals surface area contributed by atoms with E-state index in [2.05, 4.69) is 15.6 Å². The minimum Gasteiger partial charge on any atom is -0.348 e. The Bertz CT molecular complexity index is 721. The monoisotopic (exact) mass is 309 g/mol. The third-order valence-electron chi connectivity index (χ3n) is 3.77. The number of aryl methyl sites for hydroxylation is 1. The van der Waals surface area contributed by atoms with Crippen molar-refractivity contribution in [1.82, 2.24) is 10.3 Å². The van der Waals surface area contributed by atoms with Gasteiger partial charge in [0.1, 0.15) is 0 Å². The van der Waals surface area contributed by atoms with Crippen LogP contribution in [0.4, 0.5) is 5.69 Å². The van der Waals surface area contributed by atoms with E-state index in [4.69, 9.17) is 0 Å². The number of rotatable bonds is 5. The third-order valence-corrected chi connectivity index (χ3v) is 3.77. The van der Waals surface area contributed by atoms with Crippen molar-refractivity contribution in [3.8, 4) is 0 Å². The van der Waals surface area contributed by atoms with Crippen LogP contribution in [0, 0.1) is 12.8 Å². The smallest absolute Gasteiger partial charge is 0.253 e. The number of benzene rings is 1. The maximum Gasteiger partial charge on any atom is 0.253 e. The van der Waals surface area contributed by atoms with Gasteiger partial charge < -0.3 is 10.6 Å². The first-order valence-electron chi connectivity index (χ1n) is 7.72. The summed E-state index contributed by atoms with van der Waals surface area (Å²) in [4.78, 5) is 28.0. The van der Waals surface area contributed by atoms with Crippen molar-refractivity contribution < 1.29 is 9.59 Å². The molecule has 0 unspecified atom stereocenters. The highest BCUT2D eigenvalue weighted by Crippen LogP contribution is 2.30. The van der Waals surface area contributed by atoms with E-state index in [9.17, 15) is 9.59 Å². The summed E-state index contributed by atoms with van der Waals surface area (Å²) in [6, 6.07) is 11.1. The fraction of sp³-hybridized carbons (Fsp3) is 0.278. The molecule has 0 aliphatic heterocycles. The van der Waals surface area contributed by atoms with Gasteiger partial charge in [-0.3, -0.25) is 14.6 Å². The maximum atomic E-state index is 12.1. The van der Waals surface area contributed by atoms with Gasteiger partial charge in [-0.15, -0.1) is 0 Å². The third kappa shape index (κ3) is 4.16. The lowest BCUT2D eigenvalue weighted by atomic mass is 10.2. The average Bonchev–Trinajstić information content (AvgIpc) is 3.38. The molecule has 1 aliphatic carbocycles. The van der Waals surface area contributed by atoms with Crippen molar-refractivity contribution in [2.45, 2.75) is 26.3 Å². The SMILES string of the molecule is Cc1ccc(C(=O)NCc2cccc(NC(=O)C3CC3)c2)cn1. The van der Waals surface area contributed by atoms with Crippen molar-refractivity contribution in [3.63, 3.8) is 0 Å². The molecule has 0 atom stereocenters. The highest BCUT2D eigenvalue weighted by Gasteiger charge is 2.29. The van der Waals surface area contributed by atoms with E-state index < -0.39 is 0 Å².